The Bertz CT molecular complexity index is 319. The van der Waals surface area contributed by atoms with E-state index in [1.807, 2.05) is 18.3 Å². The van der Waals surface area contributed by atoms with Crippen LogP contribution in [0.2, 0.25) is 0 Å². The normalized spacial score (nSPS) is 19.3. The number of pyridine rings is 1. The molecule has 94 valence electrons. The average molecular weight is 234 g/mol. The summed E-state index contributed by atoms with van der Waals surface area (Å²) in [6.07, 6.45) is 1.86. The maximum absolute atomic E-state index is 5.66. The van der Waals surface area contributed by atoms with E-state index >= 15 is 0 Å². The van der Waals surface area contributed by atoms with Crippen molar-refractivity contribution in [2.75, 3.05) is 44.2 Å². The molecule has 2 rings (SSSR count). The minimum absolute atomic E-state index is 0.594. The summed E-state index contributed by atoms with van der Waals surface area (Å²) >= 11 is 0. The molecule has 0 aromatic carbocycles. The van der Waals surface area contributed by atoms with Crippen molar-refractivity contribution in [3.05, 3.63) is 24.4 Å². The van der Waals surface area contributed by atoms with Crippen molar-refractivity contribution < 1.29 is 0 Å². The zero-order valence-electron chi connectivity index (χ0n) is 10.5. The number of hydrogen-bond acceptors (Lipinski definition) is 4. The van der Waals surface area contributed by atoms with E-state index in [0.717, 1.165) is 45.1 Å². The van der Waals surface area contributed by atoms with Crippen LogP contribution >= 0.6 is 0 Å². The molecule has 1 aromatic rings. The van der Waals surface area contributed by atoms with Gasteiger partial charge in [-0.05, 0) is 24.6 Å². The fourth-order valence-corrected chi connectivity index (χ4v) is 2.22. The van der Waals surface area contributed by atoms with Crippen LogP contribution in [0.3, 0.4) is 0 Å². The fourth-order valence-electron chi connectivity index (χ4n) is 2.22. The lowest BCUT2D eigenvalue weighted by Crippen LogP contribution is -2.48. The highest BCUT2D eigenvalue weighted by Crippen LogP contribution is 2.13. The molecule has 2 N–H and O–H groups in total. The third-order valence-electron chi connectivity index (χ3n) is 3.32. The summed E-state index contributed by atoms with van der Waals surface area (Å²) in [4.78, 5) is 9.24. The third-order valence-corrected chi connectivity index (χ3v) is 3.32. The van der Waals surface area contributed by atoms with Gasteiger partial charge in [0.15, 0.2) is 0 Å². The van der Waals surface area contributed by atoms with Gasteiger partial charge in [0, 0.05) is 38.9 Å². The van der Waals surface area contributed by atoms with Gasteiger partial charge >= 0.3 is 0 Å². The second-order valence-electron chi connectivity index (χ2n) is 4.82. The van der Waals surface area contributed by atoms with Gasteiger partial charge in [-0.15, -0.1) is 0 Å². The number of piperazine rings is 1. The predicted molar refractivity (Wildman–Crippen MR) is 71.1 cm³/mol. The van der Waals surface area contributed by atoms with E-state index in [1.54, 1.807) is 0 Å². The smallest absolute Gasteiger partial charge is 0.128 e. The maximum Gasteiger partial charge on any atom is 0.128 e. The first-order chi connectivity index (χ1) is 8.29. The van der Waals surface area contributed by atoms with Crippen molar-refractivity contribution in [2.45, 2.75) is 6.92 Å². The van der Waals surface area contributed by atoms with Crippen molar-refractivity contribution in [1.29, 1.82) is 0 Å². The van der Waals surface area contributed by atoms with Gasteiger partial charge in [0.2, 0.25) is 0 Å². The molecule has 0 spiro atoms. The zero-order chi connectivity index (χ0) is 12.1. The molecule has 0 bridgehead atoms. The number of nitrogens with zero attached hydrogens (tertiary/aromatic N) is 3. The molecule has 0 radical (unpaired) electrons. The van der Waals surface area contributed by atoms with Crippen LogP contribution in [0.4, 0.5) is 5.82 Å². The van der Waals surface area contributed by atoms with Crippen molar-refractivity contribution in [1.82, 2.24) is 9.88 Å². The van der Waals surface area contributed by atoms with E-state index in [1.165, 1.54) is 0 Å². The first kappa shape index (κ1) is 12.3. The highest BCUT2D eigenvalue weighted by atomic mass is 15.3. The van der Waals surface area contributed by atoms with Crippen molar-refractivity contribution >= 4 is 5.82 Å². The number of nitrogens with two attached hydrogens (primary N) is 1. The molecule has 4 heteroatoms. The van der Waals surface area contributed by atoms with Gasteiger partial charge in [-0.2, -0.15) is 0 Å². The van der Waals surface area contributed by atoms with Crippen LogP contribution in [0, 0.1) is 5.92 Å². The first-order valence-corrected chi connectivity index (χ1v) is 6.38. The second kappa shape index (κ2) is 5.98. The zero-order valence-corrected chi connectivity index (χ0v) is 10.5. The molecule has 2 heterocycles. The van der Waals surface area contributed by atoms with Gasteiger partial charge in [-0.1, -0.05) is 13.0 Å². The minimum atomic E-state index is 0.594. The molecular formula is C13H22N4. The predicted octanol–water partition coefficient (Wildman–Crippen LogP) is 0.798. The van der Waals surface area contributed by atoms with E-state index in [-0.39, 0.29) is 0 Å². The average Bonchev–Trinajstić information content (AvgIpc) is 2.40. The Hall–Kier alpha value is -1.13. The maximum atomic E-state index is 5.66. The summed E-state index contributed by atoms with van der Waals surface area (Å²) in [5.74, 6) is 1.69. The van der Waals surface area contributed by atoms with E-state index < -0.39 is 0 Å². The molecule has 1 aliphatic rings. The molecule has 1 fully saturated rings. The second-order valence-corrected chi connectivity index (χ2v) is 4.82. The molecule has 0 aliphatic carbocycles. The van der Waals surface area contributed by atoms with Crippen molar-refractivity contribution in [3.63, 3.8) is 0 Å². The largest absolute Gasteiger partial charge is 0.354 e. The Morgan fingerprint density at radius 3 is 2.65 bits per heavy atom. The van der Waals surface area contributed by atoms with Crippen LogP contribution in [0.15, 0.2) is 24.4 Å². The van der Waals surface area contributed by atoms with Crippen LogP contribution in [0.1, 0.15) is 6.92 Å². The monoisotopic (exact) mass is 234 g/mol. The van der Waals surface area contributed by atoms with Gasteiger partial charge in [0.05, 0.1) is 0 Å². The Labute approximate surface area is 103 Å². The SMILES string of the molecule is CC(CN)CN1CCN(c2ccccn2)CC1. The highest BCUT2D eigenvalue weighted by molar-refractivity contribution is 5.38. The standard InChI is InChI=1S/C13H22N4/c1-12(10-14)11-16-6-8-17(9-7-16)13-4-2-3-5-15-13/h2-5,12H,6-11,14H2,1H3. The van der Waals surface area contributed by atoms with Gasteiger partial charge in [0.25, 0.3) is 0 Å². The van der Waals surface area contributed by atoms with E-state index in [0.29, 0.717) is 5.92 Å². The molecule has 0 amide bonds. The number of hydrogen-bond donors (Lipinski definition) is 1. The Kier molecular flexibility index (Phi) is 4.34. The molecule has 1 unspecified atom stereocenters. The summed E-state index contributed by atoms with van der Waals surface area (Å²) < 4.78 is 0. The van der Waals surface area contributed by atoms with Crippen LogP contribution < -0.4 is 10.6 Å². The number of rotatable bonds is 4. The number of aromatic nitrogens is 1. The third kappa shape index (κ3) is 3.41. The van der Waals surface area contributed by atoms with Gasteiger partial charge in [-0.25, -0.2) is 4.98 Å². The van der Waals surface area contributed by atoms with Crippen molar-refractivity contribution in [2.24, 2.45) is 11.7 Å². The van der Waals surface area contributed by atoms with E-state index in [4.69, 9.17) is 5.73 Å². The molecule has 17 heavy (non-hydrogen) atoms. The molecule has 1 aliphatic heterocycles. The summed E-state index contributed by atoms with van der Waals surface area (Å²) in [6.45, 7) is 8.46. The molecule has 1 saturated heterocycles. The Morgan fingerprint density at radius 2 is 2.06 bits per heavy atom. The van der Waals surface area contributed by atoms with Crippen LogP contribution in [0.5, 0.6) is 0 Å². The lowest BCUT2D eigenvalue weighted by molar-refractivity contribution is 0.227. The lowest BCUT2D eigenvalue weighted by atomic mass is 10.1. The summed E-state index contributed by atoms with van der Waals surface area (Å²) in [5, 5.41) is 0. The molecule has 1 atom stereocenters. The van der Waals surface area contributed by atoms with Crippen LogP contribution in [-0.4, -0.2) is 49.2 Å². The molecule has 4 nitrogen and oxygen atoms in total. The van der Waals surface area contributed by atoms with Gasteiger partial charge in [0.1, 0.15) is 5.82 Å². The van der Waals surface area contributed by atoms with Crippen LogP contribution in [0.25, 0.3) is 0 Å². The van der Waals surface area contributed by atoms with E-state index in [9.17, 15) is 0 Å². The quantitative estimate of drug-likeness (QED) is 0.837. The number of anilines is 1. The van der Waals surface area contributed by atoms with Gasteiger partial charge < -0.3 is 10.6 Å². The summed E-state index contributed by atoms with van der Waals surface area (Å²) in [5.41, 5.74) is 5.66. The molecule has 0 saturated carbocycles. The van der Waals surface area contributed by atoms with Crippen LogP contribution in [-0.2, 0) is 0 Å². The fraction of sp³-hybridized carbons (Fsp3) is 0.615. The topological polar surface area (TPSA) is 45.4 Å². The van der Waals surface area contributed by atoms with E-state index in [2.05, 4.69) is 27.8 Å². The molecule has 1 aromatic heterocycles. The first-order valence-electron chi connectivity index (χ1n) is 6.38. The summed E-state index contributed by atoms with van der Waals surface area (Å²) in [7, 11) is 0. The highest BCUT2D eigenvalue weighted by Gasteiger charge is 2.18. The Morgan fingerprint density at radius 1 is 1.29 bits per heavy atom. The van der Waals surface area contributed by atoms with Crippen molar-refractivity contribution in [3.8, 4) is 0 Å². The van der Waals surface area contributed by atoms with Gasteiger partial charge in [-0.3, -0.25) is 4.90 Å². The molecular weight excluding hydrogens is 212 g/mol. The lowest BCUT2D eigenvalue weighted by Gasteiger charge is -2.36. The Balaban J connectivity index is 1.82. The summed E-state index contributed by atoms with van der Waals surface area (Å²) in [6, 6.07) is 6.09. The minimum Gasteiger partial charge on any atom is -0.354 e.